The van der Waals surface area contributed by atoms with E-state index in [2.05, 4.69) is 14.7 Å². The van der Waals surface area contributed by atoms with Gasteiger partial charge in [-0.25, -0.2) is 14.2 Å². The van der Waals surface area contributed by atoms with Crippen molar-refractivity contribution in [2.75, 3.05) is 7.11 Å². The van der Waals surface area contributed by atoms with Crippen LogP contribution < -0.4 is 0 Å². The fourth-order valence-electron chi connectivity index (χ4n) is 1.55. The van der Waals surface area contributed by atoms with Gasteiger partial charge in [-0.2, -0.15) is 0 Å². The molecule has 0 bridgehead atoms. The SMILES string of the molecule is COC(=O)c1cnc(-c2cc(C)cc(F)c2)[nH]1. The number of imidazole rings is 1. The fraction of sp³-hybridized carbons (Fsp3) is 0.167. The molecule has 0 spiro atoms. The number of nitrogens with one attached hydrogen (secondary N) is 1. The second kappa shape index (κ2) is 4.37. The Balaban J connectivity index is 2.40. The van der Waals surface area contributed by atoms with Gasteiger partial charge < -0.3 is 9.72 Å². The van der Waals surface area contributed by atoms with E-state index in [1.165, 1.54) is 25.4 Å². The van der Waals surface area contributed by atoms with Gasteiger partial charge in [-0.05, 0) is 30.7 Å². The van der Waals surface area contributed by atoms with Crippen LogP contribution in [-0.4, -0.2) is 23.0 Å². The van der Waals surface area contributed by atoms with Crippen LogP contribution in [0.25, 0.3) is 11.4 Å². The molecule has 0 amide bonds. The predicted octanol–water partition coefficient (Wildman–Crippen LogP) is 2.31. The van der Waals surface area contributed by atoms with Crippen LogP contribution in [0.2, 0.25) is 0 Å². The van der Waals surface area contributed by atoms with Crippen molar-refractivity contribution in [1.82, 2.24) is 9.97 Å². The van der Waals surface area contributed by atoms with E-state index in [9.17, 15) is 9.18 Å². The average Bonchev–Trinajstić information content (AvgIpc) is 2.76. The molecule has 1 N–H and O–H groups in total. The number of H-pyrrole nitrogens is 1. The number of aromatic nitrogens is 2. The Labute approximate surface area is 97.5 Å². The number of benzene rings is 1. The Morgan fingerprint density at radius 1 is 1.41 bits per heavy atom. The molecule has 0 unspecified atom stereocenters. The molecule has 88 valence electrons. The van der Waals surface area contributed by atoms with E-state index in [4.69, 9.17) is 0 Å². The maximum Gasteiger partial charge on any atom is 0.356 e. The summed E-state index contributed by atoms with van der Waals surface area (Å²) in [6, 6.07) is 4.56. The molecule has 2 aromatic rings. The van der Waals surface area contributed by atoms with E-state index < -0.39 is 5.97 Å². The van der Waals surface area contributed by atoms with Gasteiger partial charge in [0.05, 0.1) is 13.3 Å². The third-order valence-corrected chi connectivity index (χ3v) is 2.30. The first kappa shape index (κ1) is 11.3. The first-order chi connectivity index (χ1) is 8.10. The van der Waals surface area contributed by atoms with E-state index in [0.29, 0.717) is 11.4 Å². The Hall–Kier alpha value is -2.17. The second-order valence-corrected chi connectivity index (χ2v) is 3.65. The summed E-state index contributed by atoms with van der Waals surface area (Å²) >= 11 is 0. The van der Waals surface area contributed by atoms with Gasteiger partial charge in [0.2, 0.25) is 0 Å². The van der Waals surface area contributed by atoms with Gasteiger partial charge in [0.15, 0.2) is 0 Å². The van der Waals surface area contributed by atoms with Crippen LogP contribution in [0.1, 0.15) is 16.1 Å². The molecule has 17 heavy (non-hydrogen) atoms. The molecule has 0 fully saturated rings. The van der Waals surface area contributed by atoms with Crippen molar-refractivity contribution in [3.8, 4) is 11.4 Å². The number of hydrogen-bond acceptors (Lipinski definition) is 3. The smallest absolute Gasteiger partial charge is 0.356 e. The van der Waals surface area contributed by atoms with Crippen LogP contribution in [0.4, 0.5) is 4.39 Å². The van der Waals surface area contributed by atoms with Crippen molar-refractivity contribution in [3.05, 3.63) is 41.5 Å². The number of nitrogens with zero attached hydrogens (tertiary/aromatic N) is 1. The lowest BCUT2D eigenvalue weighted by atomic mass is 10.1. The largest absolute Gasteiger partial charge is 0.464 e. The van der Waals surface area contributed by atoms with Crippen molar-refractivity contribution < 1.29 is 13.9 Å². The predicted molar refractivity (Wildman–Crippen MR) is 60.1 cm³/mol. The quantitative estimate of drug-likeness (QED) is 0.811. The van der Waals surface area contributed by atoms with Crippen molar-refractivity contribution in [2.45, 2.75) is 6.92 Å². The van der Waals surface area contributed by atoms with Gasteiger partial charge in [0.25, 0.3) is 0 Å². The molecule has 1 heterocycles. The van der Waals surface area contributed by atoms with Crippen LogP contribution in [0.3, 0.4) is 0 Å². The van der Waals surface area contributed by atoms with Crippen LogP contribution in [0.5, 0.6) is 0 Å². The Morgan fingerprint density at radius 2 is 2.18 bits per heavy atom. The van der Waals surface area contributed by atoms with Crippen molar-refractivity contribution in [2.24, 2.45) is 0 Å². The van der Waals surface area contributed by atoms with Gasteiger partial charge in [-0.1, -0.05) is 0 Å². The Bertz CT molecular complexity index is 543. The molecule has 0 aliphatic rings. The Kier molecular flexibility index (Phi) is 2.91. The number of methoxy groups -OCH3 is 1. The van der Waals surface area contributed by atoms with E-state index in [-0.39, 0.29) is 11.5 Å². The topological polar surface area (TPSA) is 55.0 Å². The standard InChI is InChI=1S/C12H11FN2O2/c1-7-3-8(5-9(13)4-7)11-14-6-10(15-11)12(16)17-2/h3-6H,1-2H3,(H,14,15). The highest BCUT2D eigenvalue weighted by Crippen LogP contribution is 2.19. The summed E-state index contributed by atoms with van der Waals surface area (Å²) in [7, 11) is 1.29. The average molecular weight is 234 g/mol. The first-order valence-electron chi connectivity index (χ1n) is 5.01. The zero-order valence-electron chi connectivity index (χ0n) is 9.45. The molecule has 0 atom stereocenters. The number of aryl methyl sites for hydroxylation is 1. The summed E-state index contributed by atoms with van der Waals surface area (Å²) in [5.41, 5.74) is 1.62. The molecule has 0 saturated carbocycles. The van der Waals surface area contributed by atoms with Crippen molar-refractivity contribution in [1.29, 1.82) is 0 Å². The zero-order valence-corrected chi connectivity index (χ0v) is 9.45. The molecular weight excluding hydrogens is 223 g/mol. The minimum atomic E-state index is -0.503. The van der Waals surface area contributed by atoms with Gasteiger partial charge in [-0.15, -0.1) is 0 Å². The van der Waals surface area contributed by atoms with Crippen LogP contribution >= 0.6 is 0 Å². The van der Waals surface area contributed by atoms with Crippen molar-refractivity contribution >= 4 is 5.97 Å². The van der Waals surface area contributed by atoms with Gasteiger partial charge in [0.1, 0.15) is 17.3 Å². The molecule has 1 aromatic heterocycles. The Morgan fingerprint density at radius 3 is 2.82 bits per heavy atom. The maximum atomic E-state index is 13.2. The van der Waals surface area contributed by atoms with Crippen LogP contribution in [0, 0.1) is 12.7 Å². The third kappa shape index (κ3) is 2.33. The fourth-order valence-corrected chi connectivity index (χ4v) is 1.55. The highest BCUT2D eigenvalue weighted by atomic mass is 19.1. The maximum absolute atomic E-state index is 13.2. The number of hydrogen-bond donors (Lipinski definition) is 1. The van der Waals surface area contributed by atoms with Crippen LogP contribution in [-0.2, 0) is 4.74 Å². The summed E-state index contributed by atoms with van der Waals surface area (Å²) in [5, 5.41) is 0. The first-order valence-corrected chi connectivity index (χ1v) is 5.01. The molecule has 1 aromatic carbocycles. The van der Waals surface area contributed by atoms with Crippen LogP contribution in [0.15, 0.2) is 24.4 Å². The lowest BCUT2D eigenvalue weighted by Crippen LogP contribution is -2.00. The molecule has 0 aliphatic heterocycles. The highest BCUT2D eigenvalue weighted by molar-refractivity contribution is 5.87. The van der Waals surface area contributed by atoms with Gasteiger partial charge in [0, 0.05) is 5.56 Å². The second-order valence-electron chi connectivity index (χ2n) is 3.65. The van der Waals surface area contributed by atoms with Gasteiger partial charge >= 0.3 is 5.97 Å². The molecular formula is C12H11FN2O2. The number of carbonyl (C=O) groups is 1. The third-order valence-electron chi connectivity index (χ3n) is 2.30. The zero-order chi connectivity index (χ0) is 12.4. The number of halogens is 1. The summed E-state index contributed by atoms with van der Waals surface area (Å²) in [5.74, 6) is -0.402. The number of ether oxygens (including phenoxy) is 1. The molecule has 0 aliphatic carbocycles. The molecule has 4 nitrogen and oxygen atoms in total. The minimum absolute atomic E-state index is 0.240. The van der Waals surface area contributed by atoms with E-state index >= 15 is 0 Å². The molecule has 2 rings (SSSR count). The highest BCUT2D eigenvalue weighted by Gasteiger charge is 2.11. The summed E-state index contributed by atoms with van der Waals surface area (Å²) in [6.07, 6.45) is 1.36. The van der Waals surface area contributed by atoms with E-state index in [0.717, 1.165) is 5.56 Å². The summed E-state index contributed by atoms with van der Waals surface area (Å²) < 4.78 is 17.8. The number of aromatic amines is 1. The minimum Gasteiger partial charge on any atom is -0.464 e. The summed E-state index contributed by atoms with van der Waals surface area (Å²) in [6.45, 7) is 1.79. The molecule has 0 saturated heterocycles. The van der Waals surface area contributed by atoms with Crippen molar-refractivity contribution in [3.63, 3.8) is 0 Å². The molecule has 0 radical (unpaired) electrons. The number of carbonyl (C=O) groups excluding carboxylic acids is 1. The summed E-state index contributed by atoms with van der Waals surface area (Å²) in [4.78, 5) is 18.0. The monoisotopic (exact) mass is 234 g/mol. The number of rotatable bonds is 2. The lowest BCUT2D eigenvalue weighted by Gasteiger charge is -2.00. The van der Waals surface area contributed by atoms with Gasteiger partial charge in [-0.3, -0.25) is 0 Å². The number of esters is 1. The molecule has 5 heteroatoms. The van der Waals surface area contributed by atoms with E-state index in [1.807, 2.05) is 0 Å². The van der Waals surface area contributed by atoms with E-state index in [1.54, 1.807) is 13.0 Å². The normalized spacial score (nSPS) is 10.3. The lowest BCUT2D eigenvalue weighted by molar-refractivity contribution is 0.0595.